The highest BCUT2D eigenvalue weighted by Gasteiger charge is 2.11. The van der Waals surface area contributed by atoms with Gasteiger partial charge in [-0.15, -0.1) is 0 Å². The number of hydrogen-bond acceptors (Lipinski definition) is 2. The molecule has 0 amide bonds. The van der Waals surface area contributed by atoms with Crippen LogP contribution in [0.3, 0.4) is 0 Å². The van der Waals surface area contributed by atoms with Gasteiger partial charge in [-0.2, -0.15) is 5.10 Å². The summed E-state index contributed by atoms with van der Waals surface area (Å²) in [5.41, 5.74) is 3.15. The lowest BCUT2D eigenvalue weighted by Gasteiger charge is -2.10. The molecule has 0 saturated carbocycles. The summed E-state index contributed by atoms with van der Waals surface area (Å²) < 4.78 is 1.98. The van der Waals surface area contributed by atoms with Crippen LogP contribution in [-0.2, 0) is 6.54 Å². The van der Waals surface area contributed by atoms with Gasteiger partial charge in [0.25, 0.3) is 0 Å². The van der Waals surface area contributed by atoms with Crippen LogP contribution < -0.4 is 10.6 Å². The third kappa shape index (κ3) is 3.70. The average molecular weight is 254 g/mol. The van der Waals surface area contributed by atoms with E-state index in [1.807, 2.05) is 11.6 Å². The number of hydrogen-bond donors (Lipinski definition) is 2. The molecule has 0 saturated heterocycles. The first-order valence-corrected chi connectivity index (χ1v) is 6.59. The van der Waals surface area contributed by atoms with Crippen molar-refractivity contribution in [3.05, 3.63) is 11.4 Å². The molecule has 2 N–H and O–H groups in total. The van der Waals surface area contributed by atoms with Gasteiger partial charge in [-0.05, 0) is 39.4 Å². The number of aromatic nitrogens is 2. The predicted molar refractivity (Wildman–Crippen MR) is 76.5 cm³/mol. The number of nitrogens with one attached hydrogen (secondary N) is 2. The molecule has 1 aromatic rings. The molecule has 0 spiro atoms. The Kier molecular flexibility index (Phi) is 5.41. The van der Waals surface area contributed by atoms with Gasteiger partial charge < -0.3 is 10.6 Å². The fraction of sp³-hybridized carbons (Fsp3) is 0.667. The second-order valence-corrected chi connectivity index (χ2v) is 4.50. The zero-order valence-corrected chi connectivity index (χ0v) is 11.9. The second kappa shape index (κ2) is 6.59. The van der Waals surface area contributed by atoms with Crippen molar-refractivity contribution in [2.45, 2.75) is 47.1 Å². The molecular weight excluding hydrogens is 232 g/mol. The Morgan fingerprint density at radius 2 is 2.06 bits per heavy atom. The van der Waals surface area contributed by atoms with Crippen LogP contribution in [-0.4, -0.2) is 21.4 Å². The predicted octanol–water partition coefficient (Wildman–Crippen LogP) is 2.61. The highest BCUT2D eigenvalue weighted by atomic mass is 32.1. The Hall–Kier alpha value is -1.10. The van der Waals surface area contributed by atoms with Gasteiger partial charge in [0.15, 0.2) is 5.11 Å². The Morgan fingerprint density at radius 1 is 1.35 bits per heavy atom. The maximum absolute atomic E-state index is 5.25. The van der Waals surface area contributed by atoms with Crippen molar-refractivity contribution in [1.82, 2.24) is 15.1 Å². The van der Waals surface area contributed by atoms with Crippen LogP contribution in [0.25, 0.3) is 0 Å². The fourth-order valence-corrected chi connectivity index (χ4v) is 1.93. The molecule has 0 unspecified atom stereocenters. The third-order valence-corrected chi connectivity index (χ3v) is 2.98. The van der Waals surface area contributed by atoms with Crippen LogP contribution in [0.1, 0.15) is 38.1 Å². The molecule has 0 atom stereocenters. The van der Waals surface area contributed by atoms with Crippen LogP contribution >= 0.6 is 12.2 Å². The summed E-state index contributed by atoms with van der Waals surface area (Å²) in [6.07, 6.45) is 2.30. The molecule has 96 valence electrons. The standard InChI is InChI=1S/C12H22N4S/c1-5-7-8-13-12(17)14-11-9(3)15-16(6-2)10(11)4/h5-8H2,1-4H3,(H2,13,14,17). The first-order valence-electron chi connectivity index (χ1n) is 6.19. The molecule has 17 heavy (non-hydrogen) atoms. The summed E-state index contributed by atoms with van der Waals surface area (Å²) in [5.74, 6) is 0. The minimum absolute atomic E-state index is 0.681. The van der Waals surface area contributed by atoms with E-state index >= 15 is 0 Å². The van der Waals surface area contributed by atoms with Gasteiger partial charge in [0.1, 0.15) is 0 Å². The van der Waals surface area contributed by atoms with Crippen molar-refractivity contribution >= 4 is 23.0 Å². The molecule has 0 aromatic carbocycles. The first-order chi connectivity index (χ1) is 8.10. The molecular formula is C12H22N4S. The van der Waals surface area contributed by atoms with E-state index in [0.717, 1.165) is 36.6 Å². The van der Waals surface area contributed by atoms with Crippen molar-refractivity contribution in [3.63, 3.8) is 0 Å². The van der Waals surface area contributed by atoms with Crippen LogP contribution in [0.2, 0.25) is 0 Å². The lowest BCUT2D eigenvalue weighted by atomic mass is 10.3. The monoisotopic (exact) mass is 254 g/mol. The van der Waals surface area contributed by atoms with E-state index in [9.17, 15) is 0 Å². The second-order valence-electron chi connectivity index (χ2n) is 4.10. The molecule has 1 heterocycles. The number of anilines is 1. The summed E-state index contributed by atoms with van der Waals surface area (Å²) in [6, 6.07) is 0. The van der Waals surface area contributed by atoms with Crippen LogP contribution in [0, 0.1) is 13.8 Å². The quantitative estimate of drug-likeness (QED) is 0.626. The Morgan fingerprint density at radius 3 is 2.59 bits per heavy atom. The average Bonchev–Trinajstić information content (AvgIpc) is 2.57. The van der Waals surface area contributed by atoms with Crippen molar-refractivity contribution in [2.75, 3.05) is 11.9 Å². The minimum Gasteiger partial charge on any atom is -0.362 e. The van der Waals surface area contributed by atoms with E-state index in [1.54, 1.807) is 0 Å². The molecule has 4 nitrogen and oxygen atoms in total. The zero-order valence-electron chi connectivity index (χ0n) is 11.1. The number of nitrogens with zero attached hydrogens (tertiary/aromatic N) is 2. The maximum Gasteiger partial charge on any atom is 0.170 e. The molecule has 0 fully saturated rings. The smallest absolute Gasteiger partial charge is 0.170 e. The van der Waals surface area contributed by atoms with Crippen molar-refractivity contribution in [1.29, 1.82) is 0 Å². The van der Waals surface area contributed by atoms with Crippen molar-refractivity contribution in [2.24, 2.45) is 0 Å². The molecule has 1 rings (SSSR count). The van der Waals surface area contributed by atoms with E-state index in [-0.39, 0.29) is 0 Å². The first kappa shape index (κ1) is 14.0. The molecule has 0 bridgehead atoms. The van der Waals surface area contributed by atoms with Crippen molar-refractivity contribution in [3.8, 4) is 0 Å². The Balaban J connectivity index is 2.62. The molecule has 0 aliphatic heterocycles. The van der Waals surface area contributed by atoms with E-state index < -0.39 is 0 Å². The summed E-state index contributed by atoms with van der Waals surface area (Å²) >= 11 is 5.25. The normalized spacial score (nSPS) is 10.4. The van der Waals surface area contributed by atoms with Gasteiger partial charge >= 0.3 is 0 Å². The third-order valence-electron chi connectivity index (χ3n) is 2.74. The van der Waals surface area contributed by atoms with Gasteiger partial charge in [-0.25, -0.2) is 0 Å². The lowest BCUT2D eigenvalue weighted by Crippen LogP contribution is -2.29. The molecule has 1 aromatic heterocycles. The molecule has 0 radical (unpaired) electrons. The summed E-state index contributed by atoms with van der Waals surface area (Å²) in [6.45, 7) is 10.1. The topological polar surface area (TPSA) is 41.9 Å². The van der Waals surface area contributed by atoms with Gasteiger partial charge in [-0.1, -0.05) is 13.3 Å². The van der Waals surface area contributed by atoms with Gasteiger partial charge in [0.05, 0.1) is 17.1 Å². The van der Waals surface area contributed by atoms with E-state index in [4.69, 9.17) is 12.2 Å². The number of aryl methyl sites for hydroxylation is 2. The van der Waals surface area contributed by atoms with E-state index in [2.05, 4.69) is 36.5 Å². The van der Waals surface area contributed by atoms with Crippen molar-refractivity contribution < 1.29 is 0 Å². The Labute approximate surface area is 109 Å². The number of unbranched alkanes of at least 4 members (excludes halogenated alkanes) is 1. The number of thiocarbonyl (C=S) groups is 1. The summed E-state index contributed by atoms with van der Waals surface area (Å²) in [7, 11) is 0. The largest absolute Gasteiger partial charge is 0.362 e. The minimum atomic E-state index is 0.681. The van der Waals surface area contributed by atoms with E-state index in [0.29, 0.717) is 5.11 Å². The SMILES string of the molecule is CCCCNC(=S)Nc1c(C)nn(CC)c1C. The maximum atomic E-state index is 5.25. The Bertz CT molecular complexity index is 384. The van der Waals surface area contributed by atoms with Gasteiger partial charge in [0, 0.05) is 13.1 Å². The van der Waals surface area contributed by atoms with Gasteiger partial charge in [-0.3, -0.25) is 4.68 Å². The van der Waals surface area contributed by atoms with Crippen LogP contribution in [0.15, 0.2) is 0 Å². The lowest BCUT2D eigenvalue weighted by molar-refractivity contribution is 0.634. The summed E-state index contributed by atoms with van der Waals surface area (Å²) in [4.78, 5) is 0. The van der Waals surface area contributed by atoms with Gasteiger partial charge in [0.2, 0.25) is 0 Å². The van der Waals surface area contributed by atoms with Crippen LogP contribution in [0.5, 0.6) is 0 Å². The molecule has 0 aliphatic rings. The van der Waals surface area contributed by atoms with Crippen LogP contribution in [0.4, 0.5) is 5.69 Å². The zero-order chi connectivity index (χ0) is 12.8. The highest BCUT2D eigenvalue weighted by Crippen LogP contribution is 2.18. The summed E-state index contributed by atoms with van der Waals surface area (Å²) in [5, 5.41) is 11.6. The molecule has 0 aliphatic carbocycles. The van der Waals surface area contributed by atoms with E-state index in [1.165, 1.54) is 6.42 Å². The highest BCUT2D eigenvalue weighted by molar-refractivity contribution is 7.80. The number of rotatable bonds is 5. The molecule has 5 heteroatoms. The fourth-order valence-electron chi connectivity index (χ4n) is 1.72.